The number of rotatable bonds is 6. The molecule has 98 valence electrons. The molecule has 0 aromatic heterocycles. The van der Waals surface area contributed by atoms with E-state index in [0.29, 0.717) is 5.56 Å². The monoisotopic (exact) mass is 316 g/mol. The molecule has 2 atom stereocenters. The Morgan fingerprint density at radius 1 is 1.22 bits per heavy atom. The summed E-state index contributed by atoms with van der Waals surface area (Å²) in [4.78, 5) is 20.7. The van der Waals surface area contributed by atoms with Crippen LogP contribution in [-0.4, -0.2) is 22.4 Å². The Kier molecular flexibility index (Phi) is 5.21. The van der Waals surface area contributed by atoms with Crippen molar-refractivity contribution in [1.82, 2.24) is 0 Å². The highest BCUT2D eigenvalue weighted by molar-refractivity contribution is 9.10. The largest absolute Gasteiger partial charge is 0.265 e. The molecule has 0 N–H and O–H groups in total. The van der Waals surface area contributed by atoms with Gasteiger partial charge in [0.05, 0.1) is 0 Å². The SMILES string of the molecule is CC[C@H]([C@@H](C[N+](=O)[O-])c1ccc(Br)cc1)[N+](=O)[O-]. The molecular weight excluding hydrogens is 304 g/mol. The second-order valence-electron chi connectivity index (χ2n) is 3.93. The quantitative estimate of drug-likeness (QED) is 0.596. The lowest BCUT2D eigenvalue weighted by molar-refractivity contribution is -0.547. The zero-order chi connectivity index (χ0) is 13.7. The van der Waals surface area contributed by atoms with Crippen LogP contribution in [0.2, 0.25) is 0 Å². The Bertz CT molecular complexity index is 435. The van der Waals surface area contributed by atoms with Gasteiger partial charge in [0.15, 0.2) is 0 Å². The summed E-state index contributed by atoms with van der Waals surface area (Å²) in [6, 6.07) is 5.90. The van der Waals surface area contributed by atoms with Gasteiger partial charge in [-0.25, -0.2) is 0 Å². The van der Waals surface area contributed by atoms with Crippen LogP contribution in [0.1, 0.15) is 24.8 Å². The smallest absolute Gasteiger partial charge is 0.226 e. The van der Waals surface area contributed by atoms with Crippen LogP contribution in [0.4, 0.5) is 0 Å². The van der Waals surface area contributed by atoms with E-state index in [1.54, 1.807) is 31.2 Å². The van der Waals surface area contributed by atoms with E-state index in [2.05, 4.69) is 15.9 Å². The van der Waals surface area contributed by atoms with Crippen molar-refractivity contribution in [3.05, 3.63) is 54.5 Å². The average molecular weight is 317 g/mol. The molecule has 0 unspecified atom stereocenters. The van der Waals surface area contributed by atoms with Gasteiger partial charge in [-0.3, -0.25) is 20.2 Å². The zero-order valence-corrected chi connectivity index (χ0v) is 11.4. The van der Waals surface area contributed by atoms with Gasteiger partial charge in [0.2, 0.25) is 12.6 Å². The van der Waals surface area contributed by atoms with Gasteiger partial charge in [0, 0.05) is 20.7 Å². The van der Waals surface area contributed by atoms with Crippen molar-refractivity contribution in [3.63, 3.8) is 0 Å². The minimum Gasteiger partial charge on any atom is -0.265 e. The zero-order valence-electron chi connectivity index (χ0n) is 9.78. The van der Waals surface area contributed by atoms with Gasteiger partial charge in [-0.05, 0) is 17.7 Å². The molecule has 0 saturated carbocycles. The van der Waals surface area contributed by atoms with Crippen LogP contribution < -0.4 is 0 Å². The molecule has 0 radical (unpaired) electrons. The van der Waals surface area contributed by atoms with Crippen LogP contribution in [0.5, 0.6) is 0 Å². The molecular formula is C11H13BrN2O4. The van der Waals surface area contributed by atoms with Crippen LogP contribution in [-0.2, 0) is 0 Å². The number of hydrogen-bond donors (Lipinski definition) is 0. The summed E-state index contributed by atoms with van der Waals surface area (Å²) in [7, 11) is 0. The number of nitrogens with zero attached hydrogens (tertiary/aromatic N) is 2. The van der Waals surface area contributed by atoms with Crippen molar-refractivity contribution in [2.45, 2.75) is 25.3 Å². The van der Waals surface area contributed by atoms with E-state index >= 15 is 0 Å². The highest BCUT2D eigenvalue weighted by Crippen LogP contribution is 2.25. The van der Waals surface area contributed by atoms with Gasteiger partial charge in [-0.2, -0.15) is 0 Å². The number of hydrogen-bond acceptors (Lipinski definition) is 4. The van der Waals surface area contributed by atoms with Crippen molar-refractivity contribution in [2.75, 3.05) is 6.54 Å². The predicted octanol–water partition coefficient (Wildman–Crippen LogP) is 2.86. The lowest BCUT2D eigenvalue weighted by Crippen LogP contribution is -2.31. The van der Waals surface area contributed by atoms with E-state index in [9.17, 15) is 20.2 Å². The third-order valence-electron chi connectivity index (χ3n) is 2.80. The summed E-state index contributed by atoms with van der Waals surface area (Å²) in [5, 5.41) is 21.6. The molecule has 0 aliphatic rings. The number of nitro groups is 2. The van der Waals surface area contributed by atoms with E-state index < -0.39 is 28.4 Å². The summed E-state index contributed by atoms with van der Waals surface area (Å²) < 4.78 is 0.834. The van der Waals surface area contributed by atoms with Crippen LogP contribution >= 0.6 is 15.9 Å². The molecule has 1 aromatic rings. The Balaban J connectivity index is 3.07. The molecule has 0 heterocycles. The minimum absolute atomic E-state index is 0.265. The lowest BCUT2D eigenvalue weighted by atomic mass is 9.90. The van der Waals surface area contributed by atoms with E-state index in [1.165, 1.54) is 0 Å². The lowest BCUT2D eigenvalue weighted by Gasteiger charge is -2.16. The van der Waals surface area contributed by atoms with Gasteiger partial charge in [-0.15, -0.1) is 0 Å². The second kappa shape index (κ2) is 6.44. The van der Waals surface area contributed by atoms with Crippen molar-refractivity contribution < 1.29 is 9.85 Å². The molecule has 0 bridgehead atoms. The molecule has 0 amide bonds. The summed E-state index contributed by atoms with van der Waals surface area (Å²) in [5.74, 6) is -0.701. The predicted molar refractivity (Wildman–Crippen MR) is 69.8 cm³/mol. The Morgan fingerprint density at radius 2 is 1.78 bits per heavy atom. The maximum absolute atomic E-state index is 11.0. The number of halogens is 1. The van der Waals surface area contributed by atoms with Gasteiger partial charge >= 0.3 is 0 Å². The van der Waals surface area contributed by atoms with E-state index in [1.807, 2.05) is 0 Å². The molecule has 18 heavy (non-hydrogen) atoms. The Morgan fingerprint density at radius 3 is 2.17 bits per heavy atom. The van der Waals surface area contributed by atoms with E-state index in [-0.39, 0.29) is 6.42 Å². The van der Waals surface area contributed by atoms with E-state index in [0.717, 1.165) is 4.47 Å². The van der Waals surface area contributed by atoms with Crippen molar-refractivity contribution in [1.29, 1.82) is 0 Å². The number of benzene rings is 1. The van der Waals surface area contributed by atoms with Crippen LogP contribution in [0.15, 0.2) is 28.7 Å². The summed E-state index contributed by atoms with van der Waals surface area (Å²) in [6.45, 7) is 1.24. The molecule has 1 rings (SSSR count). The van der Waals surface area contributed by atoms with Crippen molar-refractivity contribution in [2.24, 2.45) is 0 Å². The van der Waals surface area contributed by atoms with Gasteiger partial charge in [-0.1, -0.05) is 35.0 Å². The first-order chi connectivity index (χ1) is 8.45. The standard InChI is InChI=1S/C11H13BrN2O4/c1-2-11(14(17)18)10(7-13(15)16)8-3-5-9(12)6-4-8/h3-6,10-11H,2,7H2,1H3/t10-,11+/m0/s1. The Labute approximate surface area is 112 Å². The minimum atomic E-state index is -0.934. The summed E-state index contributed by atoms with van der Waals surface area (Å²) in [6.07, 6.45) is 0.265. The first-order valence-electron chi connectivity index (χ1n) is 5.46. The van der Waals surface area contributed by atoms with Gasteiger partial charge < -0.3 is 0 Å². The molecule has 7 heteroatoms. The highest BCUT2D eigenvalue weighted by Gasteiger charge is 2.35. The summed E-state index contributed by atoms with van der Waals surface area (Å²) >= 11 is 3.26. The van der Waals surface area contributed by atoms with Gasteiger partial charge in [0.1, 0.15) is 5.92 Å². The Hall–Kier alpha value is -1.50. The fourth-order valence-corrected chi connectivity index (χ4v) is 2.16. The molecule has 0 aliphatic carbocycles. The fraction of sp³-hybridized carbons (Fsp3) is 0.455. The van der Waals surface area contributed by atoms with Gasteiger partial charge in [0.25, 0.3) is 0 Å². The van der Waals surface area contributed by atoms with Crippen LogP contribution in [0, 0.1) is 20.2 Å². The van der Waals surface area contributed by atoms with Crippen LogP contribution in [0.3, 0.4) is 0 Å². The van der Waals surface area contributed by atoms with Crippen molar-refractivity contribution in [3.8, 4) is 0 Å². The molecule has 0 aliphatic heterocycles. The van der Waals surface area contributed by atoms with E-state index in [4.69, 9.17) is 0 Å². The fourth-order valence-electron chi connectivity index (χ4n) is 1.90. The maximum atomic E-state index is 11.0. The first kappa shape index (κ1) is 14.6. The van der Waals surface area contributed by atoms with Crippen LogP contribution in [0.25, 0.3) is 0 Å². The normalized spacial score (nSPS) is 13.9. The molecule has 0 spiro atoms. The molecule has 1 aromatic carbocycles. The average Bonchev–Trinajstić information content (AvgIpc) is 2.28. The molecule has 0 saturated heterocycles. The van der Waals surface area contributed by atoms with Crippen molar-refractivity contribution >= 4 is 15.9 Å². The third kappa shape index (κ3) is 3.76. The first-order valence-corrected chi connectivity index (χ1v) is 6.25. The topological polar surface area (TPSA) is 86.3 Å². The molecule has 6 nitrogen and oxygen atoms in total. The summed E-state index contributed by atoms with van der Waals surface area (Å²) in [5.41, 5.74) is 0.624. The second-order valence-corrected chi connectivity index (χ2v) is 4.85. The third-order valence-corrected chi connectivity index (χ3v) is 3.33. The molecule has 0 fully saturated rings. The highest BCUT2D eigenvalue weighted by atomic mass is 79.9. The maximum Gasteiger partial charge on any atom is 0.226 e.